The lowest BCUT2D eigenvalue weighted by molar-refractivity contribution is -0.148. The van der Waals surface area contributed by atoms with Crippen molar-refractivity contribution >= 4 is 11.8 Å². The molecule has 24 heavy (non-hydrogen) atoms. The Balaban J connectivity index is 1.66. The molecule has 0 aromatic heterocycles. The van der Waals surface area contributed by atoms with Gasteiger partial charge < -0.3 is 19.7 Å². The zero-order valence-electron chi connectivity index (χ0n) is 13.9. The van der Waals surface area contributed by atoms with Crippen molar-refractivity contribution in [3.63, 3.8) is 0 Å². The van der Waals surface area contributed by atoms with E-state index in [-0.39, 0.29) is 36.3 Å². The number of amides is 2. The molecule has 0 radical (unpaired) electrons. The minimum absolute atomic E-state index is 0.0511. The number of rotatable bonds is 4. The fraction of sp³-hybridized carbons (Fsp3) is 0.556. The Hall–Kier alpha value is -1.92. The first-order valence-electron chi connectivity index (χ1n) is 8.41. The van der Waals surface area contributed by atoms with Gasteiger partial charge in [0, 0.05) is 32.5 Å². The number of benzene rings is 1. The summed E-state index contributed by atoms with van der Waals surface area (Å²) in [6, 6.07) is 9.72. The molecule has 1 aromatic carbocycles. The van der Waals surface area contributed by atoms with Crippen molar-refractivity contribution in [2.75, 3.05) is 33.4 Å². The molecular weight excluding hydrogens is 308 g/mol. The van der Waals surface area contributed by atoms with Gasteiger partial charge in [-0.15, -0.1) is 0 Å². The van der Waals surface area contributed by atoms with E-state index in [1.807, 2.05) is 35.2 Å². The normalized spacial score (nSPS) is 27.6. The van der Waals surface area contributed by atoms with Crippen molar-refractivity contribution < 1.29 is 19.1 Å². The predicted octanol–water partition coefficient (Wildman–Crippen LogP) is 1.13. The van der Waals surface area contributed by atoms with Gasteiger partial charge in [0.2, 0.25) is 11.8 Å². The maximum atomic E-state index is 12.9. The maximum Gasteiger partial charge on any atom is 0.226 e. The number of nitrogens with zero attached hydrogens (tertiary/aromatic N) is 1. The van der Waals surface area contributed by atoms with Gasteiger partial charge in [-0.1, -0.05) is 30.3 Å². The molecule has 0 unspecified atom stereocenters. The van der Waals surface area contributed by atoms with Crippen LogP contribution in [-0.4, -0.2) is 56.2 Å². The van der Waals surface area contributed by atoms with E-state index >= 15 is 0 Å². The molecule has 1 N–H and O–H groups in total. The zero-order chi connectivity index (χ0) is 16.9. The van der Waals surface area contributed by atoms with Crippen LogP contribution in [0.1, 0.15) is 24.4 Å². The second-order valence-electron chi connectivity index (χ2n) is 6.40. The second kappa shape index (κ2) is 7.77. The van der Waals surface area contributed by atoms with Gasteiger partial charge in [0.25, 0.3) is 0 Å². The van der Waals surface area contributed by atoms with Crippen molar-refractivity contribution in [1.82, 2.24) is 10.2 Å². The lowest BCUT2D eigenvalue weighted by Gasteiger charge is -2.37. The number of hydrogen-bond donors (Lipinski definition) is 1. The van der Waals surface area contributed by atoms with Gasteiger partial charge in [0.15, 0.2) is 0 Å². The molecule has 1 aromatic rings. The number of carbonyl (C=O) groups excluding carboxylic acids is 2. The standard InChI is InChI=1S/C18H24N2O4/c1-23-12-15-11-20(7-8-24-15)18(22)14-9-16(19-17(21)10-14)13-5-3-2-4-6-13/h2-6,14-16H,7-12H2,1H3,(H,19,21)/t14-,15+,16-/m1/s1. The largest absolute Gasteiger partial charge is 0.382 e. The minimum Gasteiger partial charge on any atom is -0.382 e. The Morgan fingerprint density at radius 2 is 2.17 bits per heavy atom. The third-order valence-electron chi connectivity index (χ3n) is 4.64. The number of hydrogen-bond acceptors (Lipinski definition) is 4. The fourth-order valence-electron chi connectivity index (χ4n) is 3.46. The van der Waals surface area contributed by atoms with Crippen LogP contribution in [0, 0.1) is 5.92 Å². The summed E-state index contributed by atoms with van der Waals surface area (Å²) < 4.78 is 10.7. The summed E-state index contributed by atoms with van der Waals surface area (Å²) in [4.78, 5) is 26.8. The summed E-state index contributed by atoms with van der Waals surface area (Å²) in [5, 5.41) is 3.00. The van der Waals surface area contributed by atoms with E-state index in [2.05, 4.69) is 5.32 Å². The number of morpholine rings is 1. The van der Waals surface area contributed by atoms with E-state index in [9.17, 15) is 9.59 Å². The molecule has 3 rings (SSSR count). The summed E-state index contributed by atoms with van der Waals surface area (Å²) in [6.07, 6.45) is 0.810. The highest BCUT2D eigenvalue weighted by atomic mass is 16.5. The van der Waals surface area contributed by atoms with Crippen LogP contribution in [0.4, 0.5) is 0 Å². The predicted molar refractivity (Wildman–Crippen MR) is 88.2 cm³/mol. The third-order valence-corrected chi connectivity index (χ3v) is 4.64. The van der Waals surface area contributed by atoms with Crippen molar-refractivity contribution in [2.24, 2.45) is 5.92 Å². The highest BCUT2D eigenvalue weighted by Gasteiger charge is 2.36. The van der Waals surface area contributed by atoms with Crippen molar-refractivity contribution in [1.29, 1.82) is 0 Å². The van der Waals surface area contributed by atoms with Gasteiger partial charge >= 0.3 is 0 Å². The molecular formula is C18H24N2O4. The third kappa shape index (κ3) is 3.94. The first kappa shape index (κ1) is 16.9. The molecule has 6 nitrogen and oxygen atoms in total. The molecule has 0 aliphatic carbocycles. The van der Waals surface area contributed by atoms with E-state index in [1.165, 1.54) is 0 Å². The Morgan fingerprint density at radius 1 is 1.38 bits per heavy atom. The molecule has 2 aliphatic rings. The van der Waals surface area contributed by atoms with Crippen LogP contribution in [0.5, 0.6) is 0 Å². The maximum absolute atomic E-state index is 12.9. The summed E-state index contributed by atoms with van der Waals surface area (Å²) in [6.45, 7) is 2.09. The van der Waals surface area contributed by atoms with Crippen molar-refractivity contribution in [3.8, 4) is 0 Å². The van der Waals surface area contributed by atoms with Crippen LogP contribution in [-0.2, 0) is 19.1 Å². The topological polar surface area (TPSA) is 67.9 Å². The van der Waals surface area contributed by atoms with Crippen LogP contribution < -0.4 is 5.32 Å². The van der Waals surface area contributed by atoms with Crippen molar-refractivity contribution in [2.45, 2.75) is 25.0 Å². The summed E-state index contributed by atoms with van der Waals surface area (Å²) in [5.74, 6) is -0.282. The van der Waals surface area contributed by atoms with E-state index < -0.39 is 0 Å². The van der Waals surface area contributed by atoms with Gasteiger partial charge in [0.05, 0.1) is 25.4 Å². The Morgan fingerprint density at radius 3 is 2.92 bits per heavy atom. The summed E-state index contributed by atoms with van der Waals surface area (Å²) in [7, 11) is 1.63. The smallest absolute Gasteiger partial charge is 0.226 e. The number of nitrogens with one attached hydrogen (secondary N) is 1. The van der Waals surface area contributed by atoms with Gasteiger partial charge in [-0.2, -0.15) is 0 Å². The molecule has 2 fully saturated rings. The van der Waals surface area contributed by atoms with Gasteiger partial charge in [-0.3, -0.25) is 9.59 Å². The van der Waals surface area contributed by atoms with Crippen LogP contribution in [0.25, 0.3) is 0 Å². The first-order chi connectivity index (χ1) is 11.7. The van der Waals surface area contributed by atoms with Crippen LogP contribution in [0.15, 0.2) is 30.3 Å². The van der Waals surface area contributed by atoms with Gasteiger partial charge in [-0.25, -0.2) is 0 Å². The average molecular weight is 332 g/mol. The van der Waals surface area contributed by atoms with Gasteiger partial charge in [-0.05, 0) is 12.0 Å². The van der Waals surface area contributed by atoms with Crippen LogP contribution in [0.3, 0.4) is 0 Å². The average Bonchev–Trinajstić information content (AvgIpc) is 2.62. The zero-order valence-corrected chi connectivity index (χ0v) is 13.9. The lowest BCUT2D eigenvalue weighted by atomic mass is 9.87. The number of piperidine rings is 1. The Labute approximate surface area is 142 Å². The molecule has 2 saturated heterocycles. The molecule has 0 spiro atoms. The van der Waals surface area contributed by atoms with Crippen LogP contribution >= 0.6 is 0 Å². The molecule has 0 saturated carbocycles. The van der Waals surface area contributed by atoms with Crippen molar-refractivity contribution in [3.05, 3.63) is 35.9 Å². The van der Waals surface area contributed by atoms with E-state index in [0.717, 1.165) is 5.56 Å². The molecule has 2 amide bonds. The number of ether oxygens (including phenoxy) is 2. The highest BCUT2D eigenvalue weighted by molar-refractivity contribution is 5.87. The number of methoxy groups -OCH3 is 1. The SMILES string of the molecule is COC[C@@H]1CN(C(=O)[C@H]2CC(=O)N[C@@H](c3ccccc3)C2)CCO1. The molecule has 3 atom stereocenters. The molecule has 130 valence electrons. The highest BCUT2D eigenvalue weighted by Crippen LogP contribution is 2.29. The van der Waals surface area contributed by atoms with Gasteiger partial charge in [0.1, 0.15) is 0 Å². The minimum atomic E-state index is -0.273. The molecule has 6 heteroatoms. The second-order valence-corrected chi connectivity index (χ2v) is 6.40. The van der Waals surface area contributed by atoms with E-state index in [4.69, 9.17) is 9.47 Å². The Bertz CT molecular complexity index is 576. The summed E-state index contributed by atoms with van der Waals surface area (Å²) >= 11 is 0. The Kier molecular flexibility index (Phi) is 5.48. The summed E-state index contributed by atoms with van der Waals surface area (Å²) in [5.41, 5.74) is 1.04. The quantitative estimate of drug-likeness (QED) is 0.897. The monoisotopic (exact) mass is 332 g/mol. The number of carbonyl (C=O) groups is 2. The molecule has 2 heterocycles. The molecule has 0 bridgehead atoms. The van der Waals surface area contributed by atoms with Crippen LogP contribution in [0.2, 0.25) is 0 Å². The van der Waals surface area contributed by atoms with E-state index in [1.54, 1.807) is 7.11 Å². The lowest BCUT2D eigenvalue weighted by Crippen LogP contribution is -2.51. The van der Waals surface area contributed by atoms with E-state index in [0.29, 0.717) is 32.7 Å². The first-order valence-corrected chi connectivity index (χ1v) is 8.41. The fourth-order valence-corrected chi connectivity index (χ4v) is 3.46. The molecule has 2 aliphatic heterocycles.